The van der Waals surface area contributed by atoms with Crippen molar-refractivity contribution in [3.05, 3.63) is 35.6 Å². The second-order valence-corrected chi connectivity index (χ2v) is 1.98. The third-order valence-corrected chi connectivity index (χ3v) is 1.32. The first kappa shape index (κ1) is 6.34. The quantitative estimate of drug-likeness (QED) is 0.486. The SMILES string of the molecule is BCc1ccc(F)cc1. The van der Waals surface area contributed by atoms with Gasteiger partial charge in [-0.1, -0.05) is 24.0 Å². The smallest absolute Gasteiger partial charge is 0.123 e. The zero-order valence-electron chi connectivity index (χ0n) is 5.39. The molecule has 0 aromatic heterocycles. The summed E-state index contributed by atoms with van der Waals surface area (Å²) in [5.41, 5.74) is 1.18. The van der Waals surface area contributed by atoms with Crippen molar-refractivity contribution in [1.82, 2.24) is 0 Å². The van der Waals surface area contributed by atoms with Crippen LogP contribution in [0.25, 0.3) is 0 Å². The molecule has 1 aromatic rings. The van der Waals surface area contributed by atoms with Crippen LogP contribution >= 0.6 is 0 Å². The second-order valence-electron chi connectivity index (χ2n) is 1.98. The molecule has 0 aliphatic carbocycles. The molecule has 0 amide bonds. The van der Waals surface area contributed by atoms with Crippen LogP contribution in [0.4, 0.5) is 4.39 Å². The number of hydrogen-bond donors (Lipinski definition) is 0. The Bertz CT molecular complexity index is 181. The van der Waals surface area contributed by atoms with E-state index in [4.69, 9.17) is 0 Å². The van der Waals surface area contributed by atoms with Crippen LogP contribution in [0.15, 0.2) is 24.3 Å². The Morgan fingerprint density at radius 2 is 1.78 bits per heavy atom. The maximum atomic E-state index is 12.2. The van der Waals surface area contributed by atoms with E-state index < -0.39 is 0 Å². The lowest BCUT2D eigenvalue weighted by Gasteiger charge is -1.92. The van der Waals surface area contributed by atoms with Crippen LogP contribution in [0.1, 0.15) is 5.56 Å². The van der Waals surface area contributed by atoms with Gasteiger partial charge in [0.25, 0.3) is 0 Å². The van der Waals surface area contributed by atoms with Crippen LogP contribution < -0.4 is 0 Å². The minimum absolute atomic E-state index is 0.160. The summed E-state index contributed by atoms with van der Waals surface area (Å²) in [5, 5.41) is 0. The molecule has 0 aliphatic heterocycles. The summed E-state index contributed by atoms with van der Waals surface area (Å²) in [6.45, 7) is 0. The van der Waals surface area contributed by atoms with E-state index >= 15 is 0 Å². The number of halogens is 1. The van der Waals surface area contributed by atoms with Crippen molar-refractivity contribution in [2.24, 2.45) is 0 Å². The molecule has 0 saturated heterocycles. The highest BCUT2D eigenvalue weighted by Crippen LogP contribution is 2.00. The van der Waals surface area contributed by atoms with Crippen LogP contribution in [0.3, 0.4) is 0 Å². The summed E-state index contributed by atoms with van der Waals surface area (Å²) < 4.78 is 12.2. The summed E-state index contributed by atoms with van der Waals surface area (Å²) >= 11 is 0. The molecule has 9 heavy (non-hydrogen) atoms. The van der Waals surface area contributed by atoms with Gasteiger partial charge in [-0.25, -0.2) is 4.39 Å². The van der Waals surface area contributed by atoms with Gasteiger partial charge in [-0.3, -0.25) is 0 Å². The molecule has 0 saturated carbocycles. The fourth-order valence-electron chi connectivity index (χ4n) is 0.720. The largest absolute Gasteiger partial charge is 0.207 e. The van der Waals surface area contributed by atoms with Gasteiger partial charge < -0.3 is 0 Å². The molecule has 0 atom stereocenters. The minimum Gasteiger partial charge on any atom is -0.207 e. The number of hydrogen-bond acceptors (Lipinski definition) is 0. The van der Waals surface area contributed by atoms with E-state index in [0.29, 0.717) is 0 Å². The first-order chi connectivity index (χ1) is 4.33. The molecule has 1 rings (SSSR count). The van der Waals surface area contributed by atoms with E-state index in [0.717, 1.165) is 6.32 Å². The molecular formula is C7H8BF. The summed E-state index contributed by atoms with van der Waals surface area (Å²) in [6, 6.07) is 6.57. The highest BCUT2D eigenvalue weighted by molar-refractivity contribution is 6.08. The lowest BCUT2D eigenvalue weighted by Crippen LogP contribution is -1.82. The fourth-order valence-corrected chi connectivity index (χ4v) is 0.720. The van der Waals surface area contributed by atoms with Gasteiger partial charge >= 0.3 is 0 Å². The molecule has 0 nitrogen and oxygen atoms in total. The van der Waals surface area contributed by atoms with Crippen molar-refractivity contribution < 1.29 is 4.39 Å². The van der Waals surface area contributed by atoms with E-state index in [2.05, 4.69) is 0 Å². The molecule has 0 aliphatic rings. The molecule has 0 heterocycles. The monoisotopic (exact) mass is 122 g/mol. The van der Waals surface area contributed by atoms with Crippen LogP contribution in [0.5, 0.6) is 0 Å². The topological polar surface area (TPSA) is 0 Å². The maximum absolute atomic E-state index is 12.2. The van der Waals surface area contributed by atoms with E-state index in [9.17, 15) is 4.39 Å². The van der Waals surface area contributed by atoms with Crippen LogP contribution in [0.2, 0.25) is 0 Å². The van der Waals surface area contributed by atoms with E-state index in [1.54, 1.807) is 12.1 Å². The molecule has 1 aromatic carbocycles. The Hall–Kier alpha value is -0.785. The predicted octanol–water partition coefficient (Wildman–Crippen LogP) is 0.959. The third kappa shape index (κ3) is 1.56. The molecular weight excluding hydrogens is 114 g/mol. The van der Waals surface area contributed by atoms with Gasteiger partial charge in [0.2, 0.25) is 0 Å². The summed E-state index contributed by atoms with van der Waals surface area (Å²) in [5.74, 6) is -0.160. The summed E-state index contributed by atoms with van der Waals surface area (Å²) in [4.78, 5) is 0. The minimum atomic E-state index is -0.160. The van der Waals surface area contributed by atoms with Gasteiger partial charge in [0.05, 0.1) is 0 Å². The average molecular weight is 122 g/mol. The van der Waals surface area contributed by atoms with E-state index in [-0.39, 0.29) is 5.82 Å². The number of rotatable bonds is 1. The van der Waals surface area contributed by atoms with Crippen LogP contribution in [-0.4, -0.2) is 7.85 Å². The molecule has 0 unspecified atom stereocenters. The van der Waals surface area contributed by atoms with Gasteiger partial charge in [-0.15, -0.1) is 0 Å². The zero-order chi connectivity index (χ0) is 6.69. The second kappa shape index (κ2) is 2.67. The van der Waals surface area contributed by atoms with Crippen molar-refractivity contribution >= 4 is 7.85 Å². The lowest BCUT2D eigenvalue weighted by atomic mass is 9.97. The number of benzene rings is 1. The van der Waals surface area contributed by atoms with Crippen molar-refractivity contribution in [2.45, 2.75) is 6.32 Å². The highest BCUT2D eigenvalue weighted by atomic mass is 19.1. The Morgan fingerprint density at radius 3 is 2.22 bits per heavy atom. The molecule has 0 spiro atoms. The maximum Gasteiger partial charge on any atom is 0.123 e. The Morgan fingerprint density at radius 1 is 1.22 bits per heavy atom. The molecule has 0 bridgehead atoms. The van der Waals surface area contributed by atoms with Gasteiger partial charge in [-0.05, 0) is 12.1 Å². The van der Waals surface area contributed by atoms with Crippen LogP contribution in [-0.2, 0) is 6.32 Å². The third-order valence-electron chi connectivity index (χ3n) is 1.32. The van der Waals surface area contributed by atoms with E-state index in [1.165, 1.54) is 17.7 Å². The van der Waals surface area contributed by atoms with Gasteiger partial charge in [0.1, 0.15) is 13.7 Å². The standard InChI is InChI=1S/C7H8BF/c8-5-6-1-3-7(9)4-2-6/h1-4H,5,8H2. The molecule has 0 fully saturated rings. The predicted molar refractivity (Wildman–Crippen MR) is 38.6 cm³/mol. The van der Waals surface area contributed by atoms with Crippen molar-refractivity contribution in [1.29, 1.82) is 0 Å². The summed E-state index contributed by atoms with van der Waals surface area (Å²) in [6.07, 6.45) is 0.972. The normalized spacial score (nSPS) is 9.44. The zero-order valence-corrected chi connectivity index (χ0v) is 5.39. The van der Waals surface area contributed by atoms with Crippen LogP contribution in [0, 0.1) is 5.82 Å². The van der Waals surface area contributed by atoms with Crippen molar-refractivity contribution in [2.75, 3.05) is 0 Å². The highest BCUT2D eigenvalue weighted by Gasteiger charge is 1.87. The fraction of sp³-hybridized carbons (Fsp3) is 0.143. The molecule has 2 heteroatoms. The Labute approximate surface area is 55.1 Å². The molecule has 46 valence electrons. The van der Waals surface area contributed by atoms with E-state index in [1.807, 2.05) is 7.85 Å². The first-order valence-electron chi connectivity index (χ1n) is 3.07. The summed E-state index contributed by atoms with van der Waals surface area (Å²) in [7, 11) is 2.05. The van der Waals surface area contributed by atoms with Crippen molar-refractivity contribution in [3.63, 3.8) is 0 Å². The molecule has 0 N–H and O–H groups in total. The molecule has 0 radical (unpaired) electrons. The van der Waals surface area contributed by atoms with Gasteiger partial charge in [-0.2, -0.15) is 0 Å². The average Bonchev–Trinajstić information content (AvgIpc) is 1.90. The van der Waals surface area contributed by atoms with Crippen molar-refractivity contribution in [3.8, 4) is 0 Å². The van der Waals surface area contributed by atoms with Gasteiger partial charge in [0.15, 0.2) is 0 Å². The lowest BCUT2D eigenvalue weighted by molar-refractivity contribution is 0.627. The Balaban J connectivity index is 2.88. The first-order valence-corrected chi connectivity index (χ1v) is 3.07. The van der Waals surface area contributed by atoms with Gasteiger partial charge in [0, 0.05) is 0 Å². The Kier molecular flexibility index (Phi) is 1.88.